The average molecular weight is 305 g/mol. The molecule has 1 aliphatic rings. The van der Waals surface area contributed by atoms with Crippen LogP contribution in [0.5, 0.6) is 5.75 Å². The molecule has 1 saturated carbocycles. The number of rotatable bonds is 4. The third-order valence-corrected chi connectivity index (χ3v) is 4.81. The molecule has 1 amide bonds. The smallest absolute Gasteiger partial charge is 0.252 e. The number of phenolic OH excluding ortho intramolecular Hbond substituents is 1. The zero-order valence-corrected chi connectivity index (χ0v) is 13.7. The fraction of sp³-hybridized carbons (Fsp3) is 0.611. The molecule has 1 aliphatic carbocycles. The molecule has 0 bridgehead atoms. The molecule has 0 spiro atoms. The van der Waals surface area contributed by atoms with Crippen molar-refractivity contribution < 1.29 is 15.0 Å². The SMILES string of the molecule is CC(C)[C@@H]1CC[C@@H](C)C[C@@]1(O)C(=O)NCc1cccc(O)c1. The fourth-order valence-electron chi connectivity index (χ4n) is 3.64. The Morgan fingerprint density at radius 1 is 1.41 bits per heavy atom. The van der Waals surface area contributed by atoms with Crippen LogP contribution in [0.4, 0.5) is 0 Å². The summed E-state index contributed by atoms with van der Waals surface area (Å²) in [5.41, 5.74) is -0.468. The van der Waals surface area contributed by atoms with Gasteiger partial charge in [-0.25, -0.2) is 0 Å². The van der Waals surface area contributed by atoms with E-state index < -0.39 is 5.60 Å². The summed E-state index contributed by atoms with van der Waals surface area (Å²) in [4.78, 5) is 12.6. The summed E-state index contributed by atoms with van der Waals surface area (Å²) in [5.74, 6) is 0.501. The van der Waals surface area contributed by atoms with Crippen LogP contribution in [0.1, 0.15) is 45.6 Å². The lowest BCUT2D eigenvalue weighted by Crippen LogP contribution is -2.56. The molecule has 1 aromatic carbocycles. The monoisotopic (exact) mass is 305 g/mol. The summed E-state index contributed by atoms with van der Waals surface area (Å²) < 4.78 is 0. The fourth-order valence-corrected chi connectivity index (χ4v) is 3.64. The maximum atomic E-state index is 12.6. The van der Waals surface area contributed by atoms with Crippen molar-refractivity contribution in [2.75, 3.05) is 0 Å². The number of hydrogen-bond donors (Lipinski definition) is 3. The lowest BCUT2D eigenvalue weighted by Gasteiger charge is -2.43. The number of hydrogen-bond acceptors (Lipinski definition) is 3. The number of nitrogens with one attached hydrogen (secondary N) is 1. The molecule has 122 valence electrons. The van der Waals surface area contributed by atoms with Crippen LogP contribution in [0.2, 0.25) is 0 Å². The van der Waals surface area contributed by atoms with Gasteiger partial charge in [-0.05, 0) is 48.3 Å². The van der Waals surface area contributed by atoms with Gasteiger partial charge in [0.05, 0.1) is 0 Å². The van der Waals surface area contributed by atoms with E-state index in [1.165, 1.54) is 0 Å². The number of amides is 1. The second kappa shape index (κ2) is 6.69. The topological polar surface area (TPSA) is 69.6 Å². The molecule has 1 fully saturated rings. The average Bonchev–Trinajstić information content (AvgIpc) is 2.44. The standard InChI is InChI=1S/C18H27NO3/c1-12(2)16-8-7-13(3)10-18(16,22)17(21)19-11-14-5-4-6-15(20)9-14/h4-6,9,12-13,16,20,22H,7-8,10-11H2,1-3H3,(H,19,21)/t13-,16+,18+/m1/s1. The zero-order valence-electron chi connectivity index (χ0n) is 13.7. The van der Waals surface area contributed by atoms with Crippen LogP contribution < -0.4 is 5.32 Å². The van der Waals surface area contributed by atoms with Gasteiger partial charge in [-0.15, -0.1) is 0 Å². The summed E-state index contributed by atoms with van der Waals surface area (Å²) in [6.07, 6.45) is 2.46. The molecule has 0 aliphatic heterocycles. The second-order valence-electron chi connectivity index (χ2n) is 7.01. The van der Waals surface area contributed by atoms with E-state index in [4.69, 9.17) is 0 Å². The van der Waals surface area contributed by atoms with Crippen molar-refractivity contribution in [2.45, 2.75) is 52.2 Å². The van der Waals surface area contributed by atoms with Crippen LogP contribution in [0.3, 0.4) is 0 Å². The quantitative estimate of drug-likeness (QED) is 0.801. The van der Waals surface area contributed by atoms with Gasteiger partial charge in [0.2, 0.25) is 0 Å². The number of carbonyl (C=O) groups excluding carboxylic acids is 1. The first-order chi connectivity index (χ1) is 10.3. The van der Waals surface area contributed by atoms with E-state index in [0.717, 1.165) is 18.4 Å². The zero-order chi connectivity index (χ0) is 16.3. The Balaban J connectivity index is 2.08. The molecule has 0 aromatic heterocycles. The Morgan fingerprint density at radius 2 is 2.14 bits per heavy atom. The highest BCUT2D eigenvalue weighted by Crippen LogP contribution is 2.41. The largest absolute Gasteiger partial charge is 0.508 e. The van der Waals surface area contributed by atoms with Crippen LogP contribution >= 0.6 is 0 Å². The Labute approximate surface area is 132 Å². The number of phenols is 1. The molecular formula is C18H27NO3. The van der Waals surface area contributed by atoms with Crippen LogP contribution in [0.25, 0.3) is 0 Å². The van der Waals surface area contributed by atoms with Gasteiger partial charge >= 0.3 is 0 Å². The minimum Gasteiger partial charge on any atom is -0.508 e. The predicted molar refractivity (Wildman–Crippen MR) is 86.2 cm³/mol. The van der Waals surface area contributed by atoms with Crippen molar-refractivity contribution in [1.29, 1.82) is 0 Å². The van der Waals surface area contributed by atoms with Crippen molar-refractivity contribution in [3.63, 3.8) is 0 Å². The summed E-state index contributed by atoms with van der Waals surface area (Å²) in [5, 5.41) is 23.3. The summed E-state index contributed by atoms with van der Waals surface area (Å²) in [6, 6.07) is 6.79. The highest BCUT2D eigenvalue weighted by molar-refractivity contribution is 5.85. The number of aliphatic hydroxyl groups is 1. The Kier molecular flexibility index (Phi) is 5.12. The maximum absolute atomic E-state index is 12.6. The molecule has 0 unspecified atom stereocenters. The van der Waals surface area contributed by atoms with Gasteiger partial charge in [-0.3, -0.25) is 4.79 Å². The van der Waals surface area contributed by atoms with Crippen molar-refractivity contribution in [1.82, 2.24) is 5.32 Å². The van der Waals surface area contributed by atoms with Crippen LogP contribution in [0, 0.1) is 17.8 Å². The molecule has 0 heterocycles. The number of aromatic hydroxyl groups is 1. The van der Waals surface area contributed by atoms with E-state index in [-0.39, 0.29) is 23.5 Å². The summed E-state index contributed by atoms with van der Waals surface area (Å²) in [7, 11) is 0. The molecule has 1 aromatic rings. The van der Waals surface area contributed by atoms with E-state index in [1.807, 2.05) is 6.07 Å². The Morgan fingerprint density at radius 3 is 2.77 bits per heavy atom. The highest BCUT2D eigenvalue weighted by atomic mass is 16.3. The molecular weight excluding hydrogens is 278 g/mol. The van der Waals surface area contributed by atoms with E-state index in [2.05, 4.69) is 26.1 Å². The molecule has 3 N–H and O–H groups in total. The summed E-state index contributed by atoms with van der Waals surface area (Å²) >= 11 is 0. The molecule has 0 radical (unpaired) electrons. The third kappa shape index (κ3) is 3.61. The highest BCUT2D eigenvalue weighted by Gasteiger charge is 2.48. The van der Waals surface area contributed by atoms with Crippen molar-refractivity contribution in [3.05, 3.63) is 29.8 Å². The Hall–Kier alpha value is -1.55. The van der Waals surface area contributed by atoms with Gasteiger partial charge in [-0.1, -0.05) is 39.3 Å². The molecule has 0 saturated heterocycles. The van der Waals surface area contributed by atoms with E-state index in [1.54, 1.807) is 18.2 Å². The normalized spacial score (nSPS) is 28.6. The van der Waals surface area contributed by atoms with Crippen molar-refractivity contribution in [3.8, 4) is 5.75 Å². The minimum absolute atomic E-state index is 0.00660. The molecule has 4 heteroatoms. The van der Waals surface area contributed by atoms with Gasteiger partial charge in [0.1, 0.15) is 11.4 Å². The minimum atomic E-state index is -1.29. The van der Waals surface area contributed by atoms with Crippen LogP contribution in [0.15, 0.2) is 24.3 Å². The first kappa shape index (κ1) is 16.8. The van der Waals surface area contributed by atoms with E-state index in [9.17, 15) is 15.0 Å². The number of carbonyl (C=O) groups is 1. The Bertz CT molecular complexity index is 529. The molecule has 4 nitrogen and oxygen atoms in total. The first-order valence-electron chi connectivity index (χ1n) is 8.11. The van der Waals surface area contributed by atoms with Crippen LogP contribution in [-0.2, 0) is 11.3 Å². The van der Waals surface area contributed by atoms with Gasteiger partial charge < -0.3 is 15.5 Å². The predicted octanol–water partition coefficient (Wildman–Crippen LogP) is 2.83. The molecule has 22 heavy (non-hydrogen) atoms. The molecule has 3 atom stereocenters. The van der Waals surface area contributed by atoms with Gasteiger partial charge in [0.25, 0.3) is 5.91 Å². The van der Waals surface area contributed by atoms with Crippen molar-refractivity contribution in [2.24, 2.45) is 17.8 Å². The van der Waals surface area contributed by atoms with Gasteiger partial charge in [-0.2, -0.15) is 0 Å². The van der Waals surface area contributed by atoms with E-state index >= 15 is 0 Å². The first-order valence-corrected chi connectivity index (χ1v) is 8.11. The van der Waals surface area contributed by atoms with Crippen LogP contribution in [-0.4, -0.2) is 21.7 Å². The van der Waals surface area contributed by atoms with Gasteiger partial charge in [0, 0.05) is 6.54 Å². The third-order valence-electron chi connectivity index (χ3n) is 4.81. The molecule has 2 rings (SSSR count). The lowest BCUT2D eigenvalue weighted by molar-refractivity contribution is -0.156. The second-order valence-corrected chi connectivity index (χ2v) is 7.01. The van der Waals surface area contributed by atoms with Gasteiger partial charge in [0.15, 0.2) is 0 Å². The number of benzene rings is 1. The summed E-state index contributed by atoms with van der Waals surface area (Å²) in [6.45, 7) is 6.53. The van der Waals surface area contributed by atoms with E-state index in [0.29, 0.717) is 18.9 Å². The van der Waals surface area contributed by atoms with Crippen molar-refractivity contribution >= 4 is 5.91 Å². The lowest BCUT2D eigenvalue weighted by atomic mass is 9.66. The maximum Gasteiger partial charge on any atom is 0.252 e.